The van der Waals surface area contributed by atoms with Crippen LogP contribution in [0.4, 0.5) is 5.69 Å². The fourth-order valence-corrected chi connectivity index (χ4v) is 2.60. The standard InChI is InChI=1S/C14H20N2O3/c1-4-14(3)11(15)8-12(14)19-13-9(2)6-5-7-10(13)16(17)18/h5-7,11-12H,4,8,15H2,1-3H3. The molecule has 1 fully saturated rings. The molecule has 1 aromatic rings. The summed E-state index contributed by atoms with van der Waals surface area (Å²) in [5.41, 5.74) is 6.74. The maximum absolute atomic E-state index is 11.1. The number of aryl methyl sites for hydroxylation is 1. The van der Waals surface area contributed by atoms with Crippen LogP contribution in [0.3, 0.4) is 0 Å². The van der Waals surface area contributed by atoms with Crippen molar-refractivity contribution in [1.29, 1.82) is 0 Å². The van der Waals surface area contributed by atoms with Gasteiger partial charge in [-0.3, -0.25) is 10.1 Å². The van der Waals surface area contributed by atoms with E-state index in [4.69, 9.17) is 10.5 Å². The van der Waals surface area contributed by atoms with Gasteiger partial charge in [-0.25, -0.2) is 0 Å². The quantitative estimate of drug-likeness (QED) is 0.670. The lowest BCUT2D eigenvalue weighted by Crippen LogP contribution is -2.61. The Labute approximate surface area is 112 Å². The van der Waals surface area contributed by atoms with Crippen LogP contribution >= 0.6 is 0 Å². The molecule has 3 unspecified atom stereocenters. The van der Waals surface area contributed by atoms with E-state index in [9.17, 15) is 10.1 Å². The molecule has 1 saturated carbocycles. The van der Waals surface area contributed by atoms with Crippen molar-refractivity contribution >= 4 is 5.69 Å². The second kappa shape index (κ2) is 4.81. The van der Waals surface area contributed by atoms with Crippen molar-refractivity contribution in [3.05, 3.63) is 33.9 Å². The summed E-state index contributed by atoms with van der Waals surface area (Å²) in [6.45, 7) is 5.97. The van der Waals surface area contributed by atoms with Gasteiger partial charge in [0.25, 0.3) is 0 Å². The molecule has 1 aliphatic carbocycles. The van der Waals surface area contributed by atoms with Crippen LogP contribution in [0.2, 0.25) is 0 Å². The van der Waals surface area contributed by atoms with Gasteiger partial charge in [0.1, 0.15) is 6.10 Å². The highest BCUT2D eigenvalue weighted by molar-refractivity contribution is 5.51. The van der Waals surface area contributed by atoms with Gasteiger partial charge in [0.05, 0.1) is 4.92 Å². The molecular formula is C14H20N2O3. The first-order chi connectivity index (χ1) is 8.90. The van der Waals surface area contributed by atoms with Crippen LogP contribution in [0.1, 0.15) is 32.3 Å². The molecule has 2 N–H and O–H groups in total. The second-order valence-corrected chi connectivity index (χ2v) is 5.49. The highest BCUT2D eigenvalue weighted by Gasteiger charge is 2.50. The van der Waals surface area contributed by atoms with E-state index in [0.29, 0.717) is 5.75 Å². The average Bonchev–Trinajstić information content (AvgIpc) is 2.38. The van der Waals surface area contributed by atoms with Gasteiger partial charge in [-0.2, -0.15) is 0 Å². The van der Waals surface area contributed by atoms with E-state index < -0.39 is 4.92 Å². The minimum atomic E-state index is -0.399. The van der Waals surface area contributed by atoms with Crippen LogP contribution < -0.4 is 10.5 Å². The molecule has 0 heterocycles. The maximum atomic E-state index is 11.1. The van der Waals surface area contributed by atoms with E-state index in [2.05, 4.69) is 13.8 Å². The molecule has 0 aromatic heterocycles. The Morgan fingerprint density at radius 2 is 2.26 bits per heavy atom. The Balaban J connectivity index is 2.28. The Morgan fingerprint density at radius 3 is 2.79 bits per heavy atom. The predicted molar refractivity (Wildman–Crippen MR) is 73.2 cm³/mol. The molecule has 5 nitrogen and oxygen atoms in total. The normalized spacial score (nSPS) is 29.7. The Hall–Kier alpha value is -1.62. The SMILES string of the molecule is CCC1(C)C(N)CC1Oc1c(C)cccc1[N+](=O)[O-]. The third-order valence-electron chi connectivity index (χ3n) is 4.46. The molecule has 0 radical (unpaired) electrons. The molecule has 1 aromatic carbocycles. The number of para-hydroxylation sites is 1. The van der Waals surface area contributed by atoms with Crippen molar-refractivity contribution < 1.29 is 9.66 Å². The van der Waals surface area contributed by atoms with Crippen LogP contribution in [-0.2, 0) is 0 Å². The molecule has 2 rings (SSSR count). The summed E-state index contributed by atoms with van der Waals surface area (Å²) in [5, 5.41) is 11.1. The summed E-state index contributed by atoms with van der Waals surface area (Å²) >= 11 is 0. The van der Waals surface area contributed by atoms with Crippen LogP contribution in [0.5, 0.6) is 5.75 Å². The van der Waals surface area contributed by atoms with E-state index in [1.54, 1.807) is 6.07 Å². The van der Waals surface area contributed by atoms with Gasteiger partial charge in [0, 0.05) is 23.9 Å². The number of rotatable bonds is 4. The zero-order valence-electron chi connectivity index (χ0n) is 11.6. The first-order valence-electron chi connectivity index (χ1n) is 6.56. The van der Waals surface area contributed by atoms with Crippen LogP contribution in [0, 0.1) is 22.5 Å². The minimum Gasteiger partial charge on any atom is -0.483 e. The van der Waals surface area contributed by atoms with E-state index >= 15 is 0 Å². The topological polar surface area (TPSA) is 78.4 Å². The van der Waals surface area contributed by atoms with Gasteiger partial charge in [0.2, 0.25) is 0 Å². The zero-order valence-corrected chi connectivity index (χ0v) is 11.6. The van der Waals surface area contributed by atoms with E-state index in [-0.39, 0.29) is 23.2 Å². The van der Waals surface area contributed by atoms with Crippen LogP contribution in [0.15, 0.2) is 18.2 Å². The van der Waals surface area contributed by atoms with Crippen molar-refractivity contribution in [2.75, 3.05) is 0 Å². The smallest absolute Gasteiger partial charge is 0.311 e. The summed E-state index contributed by atoms with van der Waals surface area (Å²) in [7, 11) is 0. The lowest BCUT2D eigenvalue weighted by Gasteiger charge is -2.51. The lowest BCUT2D eigenvalue weighted by atomic mass is 9.62. The highest BCUT2D eigenvalue weighted by Crippen LogP contribution is 2.46. The van der Waals surface area contributed by atoms with Crippen molar-refractivity contribution in [3.63, 3.8) is 0 Å². The Morgan fingerprint density at radius 1 is 1.58 bits per heavy atom. The molecule has 0 spiro atoms. The summed E-state index contributed by atoms with van der Waals surface area (Å²) < 4.78 is 5.93. The summed E-state index contributed by atoms with van der Waals surface area (Å²) in [5.74, 6) is 0.379. The van der Waals surface area contributed by atoms with Gasteiger partial charge in [-0.05, 0) is 18.9 Å². The minimum absolute atomic E-state index is 0.0268. The summed E-state index contributed by atoms with van der Waals surface area (Å²) in [4.78, 5) is 10.7. The summed E-state index contributed by atoms with van der Waals surface area (Å²) in [6, 6.07) is 5.07. The Bertz CT molecular complexity index is 503. The van der Waals surface area contributed by atoms with Gasteiger partial charge in [-0.1, -0.05) is 26.0 Å². The summed E-state index contributed by atoms with van der Waals surface area (Å²) in [6.07, 6.45) is 1.60. The van der Waals surface area contributed by atoms with Gasteiger partial charge in [-0.15, -0.1) is 0 Å². The highest BCUT2D eigenvalue weighted by atomic mass is 16.6. The molecule has 104 valence electrons. The van der Waals surface area contributed by atoms with E-state index in [1.165, 1.54) is 6.07 Å². The molecular weight excluding hydrogens is 244 g/mol. The number of nitrogens with zero attached hydrogens (tertiary/aromatic N) is 1. The third kappa shape index (κ3) is 2.18. The lowest BCUT2D eigenvalue weighted by molar-refractivity contribution is -0.386. The number of nitrogens with two attached hydrogens (primary N) is 1. The predicted octanol–water partition coefficient (Wildman–Crippen LogP) is 2.80. The third-order valence-corrected chi connectivity index (χ3v) is 4.46. The maximum Gasteiger partial charge on any atom is 0.311 e. The molecule has 0 bridgehead atoms. The number of nitro benzene ring substituents is 1. The van der Waals surface area contributed by atoms with Crippen LogP contribution in [-0.4, -0.2) is 17.1 Å². The van der Waals surface area contributed by atoms with Crippen molar-refractivity contribution in [2.24, 2.45) is 11.1 Å². The van der Waals surface area contributed by atoms with Crippen molar-refractivity contribution in [2.45, 2.75) is 45.8 Å². The molecule has 3 atom stereocenters. The van der Waals surface area contributed by atoms with Crippen LogP contribution in [0.25, 0.3) is 0 Å². The molecule has 1 aliphatic rings. The molecule has 5 heteroatoms. The van der Waals surface area contributed by atoms with Crippen molar-refractivity contribution in [3.8, 4) is 5.75 Å². The van der Waals surface area contributed by atoms with E-state index in [0.717, 1.165) is 18.4 Å². The number of benzene rings is 1. The number of hydrogen-bond donors (Lipinski definition) is 1. The molecule has 0 aliphatic heterocycles. The van der Waals surface area contributed by atoms with Crippen molar-refractivity contribution in [1.82, 2.24) is 0 Å². The van der Waals surface area contributed by atoms with Gasteiger partial charge >= 0.3 is 5.69 Å². The van der Waals surface area contributed by atoms with E-state index in [1.807, 2.05) is 13.0 Å². The first-order valence-corrected chi connectivity index (χ1v) is 6.56. The zero-order chi connectivity index (χ0) is 14.2. The van der Waals surface area contributed by atoms with Gasteiger partial charge in [0.15, 0.2) is 5.75 Å². The fraction of sp³-hybridized carbons (Fsp3) is 0.571. The molecule has 19 heavy (non-hydrogen) atoms. The second-order valence-electron chi connectivity index (χ2n) is 5.49. The Kier molecular flexibility index (Phi) is 3.49. The first kappa shape index (κ1) is 13.8. The number of hydrogen-bond acceptors (Lipinski definition) is 4. The number of ether oxygens (including phenoxy) is 1. The monoisotopic (exact) mass is 264 g/mol. The molecule has 0 saturated heterocycles. The van der Waals surface area contributed by atoms with Gasteiger partial charge < -0.3 is 10.5 Å². The average molecular weight is 264 g/mol. The fourth-order valence-electron chi connectivity index (χ4n) is 2.60. The largest absolute Gasteiger partial charge is 0.483 e. The number of nitro groups is 1. The molecule has 0 amide bonds.